The number of hydrogen-bond donors (Lipinski definition) is 1. The van der Waals surface area contributed by atoms with Crippen molar-refractivity contribution in [1.29, 1.82) is 0 Å². The van der Waals surface area contributed by atoms with Crippen LogP contribution in [0.2, 0.25) is 0 Å². The molecular weight excluding hydrogens is 258 g/mol. The van der Waals surface area contributed by atoms with Gasteiger partial charge in [0.15, 0.2) is 0 Å². The number of halogens is 1. The topological polar surface area (TPSA) is 46.9 Å². The van der Waals surface area contributed by atoms with E-state index in [1.54, 1.807) is 24.1 Å². The van der Waals surface area contributed by atoms with Gasteiger partial charge in [-0.2, -0.15) is 5.10 Å². The highest BCUT2D eigenvalue weighted by atomic mass is 79.9. The SMILES string of the molecule is Cn1cc(C(=O)NCC(Br)C2CC2)cn1. The number of nitrogens with zero attached hydrogens (tertiary/aromatic N) is 2. The van der Waals surface area contributed by atoms with Gasteiger partial charge in [-0.05, 0) is 18.8 Å². The van der Waals surface area contributed by atoms with E-state index in [2.05, 4.69) is 26.3 Å². The van der Waals surface area contributed by atoms with E-state index >= 15 is 0 Å². The number of nitrogens with one attached hydrogen (secondary N) is 1. The smallest absolute Gasteiger partial charge is 0.254 e. The van der Waals surface area contributed by atoms with Crippen molar-refractivity contribution in [3.05, 3.63) is 18.0 Å². The molecular formula is C10H14BrN3O. The van der Waals surface area contributed by atoms with Crippen LogP contribution in [0.1, 0.15) is 23.2 Å². The third kappa shape index (κ3) is 2.81. The summed E-state index contributed by atoms with van der Waals surface area (Å²) in [5.41, 5.74) is 0.619. The highest BCUT2D eigenvalue weighted by Gasteiger charge is 2.29. The molecule has 5 heteroatoms. The molecule has 1 heterocycles. The first kappa shape index (κ1) is 10.7. The molecule has 0 spiro atoms. The van der Waals surface area contributed by atoms with Gasteiger partial charge in [0.25, 0.3) is 5.91 Å². The molecule has 1 saturated carbocycles. The summed E-state index contributed by atoms with van der Waals surface area (Å²) in [7, 11) is 1.80. The molecule has 1 aliphatic carbocycles. The largest absolute Gasteiger partial charge is 0.351 e. The Morgan fingerprint density at radius 1 is 1.80 bits per heavy atom. The Hall–Kier alpha value is -0.840. The van der Waals surface area contributed by atoms with Gasteiger partial charge in [0.1, 0.15) is 0 Å². The number of aryl methyl sites for hydroxylation is 1. The zero-order valence-electron chi connectivity index (χ0n) is 8.61. The molecule has 0 aliphatic heterocycles. The van der Waals surface area contributed by atoms with E-state index in [4.69, 9.17) is 0 Å². The molecule has 1 N–H and O–H groups in total. The lowest BCUT2D eigenvalue weighted by Crippen LogP contribution is -2.30. The molecule has 82 valence electrons. The minimum absolute atomic E-state index is 0.0480. The summed E-state index contributed by atoms with van der Waals surface area (Å²) in [4.78, 5) is 12.0. The van der Waals surface area contributed by atoms with Crippen molar-refractivity contribution in [1.82, 2.24) is 15.1 Å². The molecule has 2 rings (SSSR count). The van der Waals surface area contributed by atoms with Gasteiger partial charge in [-0.3, -0.25) is 9.48 Å². The number of carbonyl (C=O) groups excluding carboxylic acids is 1. The third-order valence-corrected chi connectivity index (χ3v) is 3.63. The fraction of sp³-hybridized carbons (Fsp3) is 0.600. The molecule has 1 aromatic heterocycles. The predicted octanol–water partition coefficient (Wildman–Crippen LogP) is 1.32. The van der Waals surface area contributed by atoms with Crippen LogP contribution in [0.3, 0.4) is 0 Å². The van der Waals surface area contributed by atoms with Crippen molar-refractivity contribution in [3.63, 3.8) is 0 Å². The third-order valence-electron chi connectivity index (χ3n) is 2.56. The van der Waals surface area contributed by atoms with E-state index in [1.807, 2.05) is 0 Å². The van der Waals surface area contributed by atoms with Gasteiger partial charge in [-0.1, -0.05) is 15.9 Å². The number of amides is 1. The first-order chi connectivity index (χ1) is 7.16. The molecule has 1 fully saturated rings. The van der Waals surface area contributed by atoms with Crippen LogP contribution in [0.5, 0.6) is 0 Å². The molecule has 1 unspecified atom stereocenters. The van der Waals surface area contributed by atoms with Gasteiger partial charge in [-0.15, -0.1) is 0 Å². The lowest BCUT2D eigenvalue weighted by atomic mass is 10.3. The Balaban J connectivity index is 1.81. The summed E-state index contributed by atoms with van der Waals surface area (Å²) in [5, 5.41) is 6.85. The second-order valence-corrected chi connectivity index (χ2v) is 5.14. The Labute approximate surface area is 97.2 Å². The minimum atomic E-state index is -0.0480. The predicted molar refractivity (Wildman–Crippen MR) is 61.0 cm³/mol. The molecule has 0 saturated heterocycles. The van der Waals surface area contributed by atoms with Crippen molar-refractivity contribution in [2.24, 2.45) is 13.0 Å². The van der Waals surface area contributed by atoms with Crippen LogP contribution in [0.15, 0.2) is 12.4 Å². The van der Waals surface area contributed by atoms with Gasteiger partial charge in [0.05, 0.1) is 11.8 Å². The van der Waals surface area contributed by atoms with Gasteiger partial charge in [0, 0.05) is 24.6 Å². The Morgan fingerprint density at radius 3 is 3.07 bits per heavy atom. The first-order valence-corrected chi connectivity index (χ1v) is 5.99. The molecule has 0 radical (unpaired) electrons. The lowest BCUT2D eigenvalue weighted by molar-refractivity contribution is 0.0953. The second-order valence-electron chi connectivity index (χ2n) is 3.97. The maximum Gasteiger partial charge on any atom is 0.254 e. The van der Waals surface area contributed by atoms with Crippen molar-refractivity contribution in [2.75, 3.05) is 6.54 Å². The van der Waals surface area contributed by atoms with Gasteiger partial charge >= 0.3 is 0 Å². The fourth-order valence-corrected chi connectivity index (χ4v) is 2.15. The average Bonchev–Trinajstić information content (AvgIpc) is 2.97. The fourth-order valence-electron chi connectivity index (χ4n) is 1.46. The highest BCUT2D eigenvalue weighted by Crippen LogP contribution is 2.36. The quantitative estimate of drug-likeness (QED) is 0.840. The van der Waals surface area contributed by atoms with Gasteiger partial charge < -0.3 is 5.32 Å². The Kier molecular flexibility index (Phi) is 3.09. The molecule has 4 nitrogen and oxygen atoms in total. The molecule has 0 bridgehead atoms. The molecule has 1 amide bonds. The summed E-state index contributed by atoms with van der Waals surface area (Å²) in [6, 6.07) is 0. The second kappa shape index (κ2) is 4.35. The van der Waals surface area contributed by atoms with Crippen LogP contribution in [0, 0.1) is 5.92 Å². The molecule has 1 aliphatic rings. The minimum Gasteiger partial charge on any atom is -0.351 e. The van der Waals surface area contributed by atoms with Crippen LogP contribution in [-0.4, -0.2) is 27.1 Å². The molecule has 1 aromatic rings. The van der Waals surface area contributed by atoms with Crippen LogP contribution in [0.25, 0.3) is 0 Å². The van der Waals surface area contributed by atoms with Crippen LogP contribution >= 0.6 is 15.9 Å². The number of aromatic nitrogens is 2. The summed E-state index contributed by atoms with van der Waals surface area (Å²) >= 11 is 3.58. The van der Waals surface area contributed by atoms with Crippen molar-refractivity contribution < 1.29 is 4.79 Å². The lowest BCUT2D eigenvalue weighted by Gasteiger charge is -2.08. The van der Waals surface area contributed by atoms with E-state index in [9.17, 15) is 4.79 Å². The summed E-state index contributed by atoms with van der Waals surface area (Å²) in [6.45, 7) is 0.693. The van der Waals surface area contributed by atoms with E-state index in [1.165, 1.54) is 12.8 Å². The van der Waals surface area contributed by atoms with Crippen molar-refractivity contribution in [2.45, 2.75) is 17.7 Å². The van der Waals surface area contributed by atoms with E-state index in [0.717, 1.165) is 5.92 Å². The summed E-state index contributed by atoms with van der Waals surface area (Å²) in [6.07, 6.45) is 5.85. The normalized spacial score (nSPS) is 17.5. The monoisotopic (exact) mass is 271 g/mol. The zero-order valence-corrected chi connectivity index (χ0v) is 10.2. The molecule has 0 aromatic carbocycles. The first-order valence-electron chi connectivity index (χ1n) is 5.07. The van der Waals surface area contributed by atoms with Gasteiger partial charge in [-0.25, -0.2) is 0 Å². The van der Waals surface area contributed by atoms with E-state index < -0.39 is 0 Å². The molecule has 1 atom stereocenters. The van der Waals surface area contributed by atoms with E-state index in [0.29, 0.717) is 16.9 Å². The maximum atomic E-state index is 11.6. The average molecular weight is 272 g/mol. The zero-order chi connectivity index (χ0) is 10.8. The number of hydrogen-bond acceptors (Lipinski definition) is 2. The maximum absolute atomic E-state index is 11.6. The number of rotatable bonds is 4. The number of carbonyl (C=O) groups is 1. The van der Waals surface area contributed by atoms with Crippen LogP contribution in [-0.2, 0) is 7.05 Å². The van der Waals surface area contributed by atoms with Crippen LogP contribution < -0.4 is 5.32 Å². The van der Waals surface area contributed by atoms with E-state index in [-0.39, 0.29) is 5.91 Å². The highest BCUT2D eigenvalue weighted by molar-refractivity contribution is 9.09. The Bertz CT molecular complexity index is 359. The summed E-state index contributed by atoms with van der Waals surface area (Å²) < 4.78 is 1.63. The Morgan fingerprint density at radius 2 is 2.53 bits per heavy atom. The van der Waals surface area contributed by atoms with Crippen molar-refractivity contribution in [3.8, 4) is 0 Å². The summed E-state index contributed by atoms with van der Waals surface area (Å²) in [5.74, 6) is 0.701. The molecule has 15 heavy (non-hydrogen) atoms. The standard InChI is InChI=1S/C10H14BrN3O/c1-14-6-8(4-13-14)10(15)12-5-9(11)7-2-3-7/h4,6-7,9H,2-3,5H2,1H3,(H,12,15). The van der Waals surface area contributed by atoms with Crippen LogP contribution in [0.4, 0.5) is 0 Å². The van der Waals surface area contributed by atoms with Crippen molar-refractivity contribution >= 4 is 21.8 Å². The number of alkyl halides is 1. The van der Waals surface area contributed by atoms with Gasteiger partial charge in [0.2, 0.25) is 0 Å².